The maximum absolute atomic E-state index is 10.9. The summed E-state index contributed by atoms with van der Waals surface area (Å²) in [6, 6.07) is 14.2. The molecule has 158 valence electrons. The maximum Gasteiger partial charge on any atom is 0.303 e. The first kappa shape index (κ1) is 20.4. The van der Waals surface area contributed by atoms with Gasteiger partial charge in [-0.1, -0.05) is 30.3 Å². The van der Waals surface area contributed by atoms with Crippen molar-refractivity contribution in [2.24, 2.45) is 0 Å². The largest absolute Gasteiger partial charge is 0.461 e. The molecule has 0 saturated carbocycles. The average molecular weight is 409 g/mol. The molecule has 1 saturated heterocycles. The maximum atomic E-state index is 10.9. The molecule has 1 aliphatic heterocycles. The minimum absolute atomic E-state index is 0.192. The highest BCUT2D eigenvalue weighted by Gasteiger charge is 2.18. The smallest absolute Gasteiger partial charge is 0.303 e. The van der Waals surface area contributed by atoms with Crippen LogP contribution in [-0.2, 0) is 29.2 Å². The zero-order valence-corrected chi connectivity index (χ0v) is 17.3. The molecule has 1 N–H and O–H groups in total. The number of aromatic nitrogens is 2. The molecule has 0 unspecified atom stereocenters. The molecule has 0 atom stereocenters. The van der Waals surface area contributed by atoms with Crippen LogP contribution in [0, 0.1) is 0 Å². The third kappa shape index (κ3) is 5.37. The molecule has 0 bridgehead atoms. The van der Waals surface area contributed by atoms with Gasteiger partial charge in [-0.3, -0.25) is 19.7 Å². The quantitative estimate of drug-likeness (QED) is 0.604. The number of H-pyrrole nitrogens is 1. The second-order valence-corrected chi connectivity index (χ2v) is 7.69. The van der Waals surface area contributed by atoms with Crippen LogP contribution < -0.4 is 0 Å². The second kappa shape index (κ2) is 9.73. The van der Waals surface area contributed by atoms with Gasteiger partial charge in [0.05, 0.1) is 18.4 Å². The summed E-state index contributed by atoms with van der Waals surface area (Å²) in [6.07, 6.45) is 3.05. The van der Waals surface area contributed by atoms with Crippen LogP contribution in [-0.4, -0.2) is 52.1 Å². The van der Waals surface area contributed by atoms with Crippen LogP contribution in [0.25, 0.3) is 11.3 Å². The van der Waals surface area contributed by atoms with Gasteiger partial charge < -0.3 is 9.15 Å². The summed E-state index contributed by atoms with van der Waals surface area (Å²) in [5.74, 6) is 1.30. The van der Waals surface area contributed by atoms with Crippen molar-refractivity contribution in [3.63, 3.8) is 0 Å². The summed E-state index contributed by atoms with van der Waals surface area (Å²) in [4.78, 5) is 15.9. The molecule has 0 amide bonds. The Balaban J connectivity index is 1.31. The Hall–Kier alpha value is -2.90. The van der Waals surface area contributed by atoms with E-state index in [-0.39, 0.29) is 12.6 Å². The van der Waals surface area contributed by atoms with Crippen molar-refractivity contribution >= 4 is 5.97 Å². The fraction of sp³-hybridized carbons (Fsp3) is 0.391. The lowest BCUT2D eigenvalue weighted by Gasteiger charge is -2.21. The van der Waals surface area contributed by atoms with Gasteiger partial charge in [-0.05, 0) is 37.2 Å². The van der Waals surface area contributed by atoms with Crippen molar-refractivity contribution in [3.8, 4) is 11.3 Å². The first-order chi connectivity index (χ1) is 14.7. The van der Waals surface area contributed by atoms with E-state index in [1.165, 1.54) is 18.1 Å². The molecule has 1 aromatic carbocycles. The molecular formula is C23H28N4O3. The monoisotopic (exact) mass is 408 g/mol. The average Bonchev–Trinajstić information content (AvgIpc) is 3.34. The summed E-state index contributed by atoms with van der Waals surface area (Å²) in [6.45, 7) is 7.34. The number of carbonyl (C=O) groups excluding carboxylic acids is 1. The van der Waals surface area contributed by atoms with Gasteiger partial charge in [-0.15, -0.1) is 0 Å². The van der Waals surface area contributed by atoms with Crippen molar-refractivity contribution in [2.45, 2.75) is 33.0 Å². The molecule has 0 radical (unpaired) electrons. The Kier molecular flexibility index (Phi) is 6.61. The molecular weight excluding hydrogens is 380 g/mol. The van der Waals surface area contributed by atoms with E-state index in [4.69, 9.17) is 9.15 Å². The van der Waals surface area contributed by atoms with Crippen molar-refractivity contribution in [2.75, 3.05) is 26.2 Å². The summed E-state index contributed by atoms with van der Waals surface area (Å²) in [7, 11) is 0. The standard InChI is InChI=1S/C23H28N4O3/c1-18(28)29-17-22-9-8-21(30-22)16-27-11-5-10-26(12-13-27)15-20-14-24-25-23(20)19-6-3-2-4-7-19/h2-4,6-9,14H,5,10-13,15-17H2,1H3,(H,24,25). The third-order valence-corrected chi connectivity index (χ3v) is 5.37. The lowest BCUT2D eigenvalue weighted by Crippen LogP contribution is -2.30. The molecule has 3 heterocycles. The summed E-state index contributed by atoms with van der Waals surface area (Å²) < 4.78 is 10.8. The van der Waals surface area contributed by atoms with Crippen LogP contribution in [0.1, 0.15) is 30.4 Å². The molecule has 3 aromatic rings. The first-order valence-corrected chi connectivity index (χ1v) is 10.4. The number of rotatable bonds is 7. The topological polar surface area (TPSA) is 74.6 Å². The van der Waals surface area contributed by atoms with Gasteiger partial charge in [0, 0.05) is 32.1 Å². The first-order valence-electron chi connectivity index (χ1n) is 10.4. The highest BCUT2D eigenvalue weighted by molar-refractivity contribution is 5.65. The minimum Gasteiger partial charge on any atom is -0.461 e. The number of nitrogens with one attached hydrogen (secondary N) is 1. The van der Waals surface area contributed by atoms with E-state index in [0.29, 0.717) is 5.76 Å². The van der Waals surface area contributed by atoms with Crippen LogP contribution in [0.15, 0.2) is 53.1 Å². The second-order valence-electron chi connectivity index (χ2n) is 7.69. The summed E-state index contributed by atoms with van der Waals surface area (Å²) in [5, 5.41) is 7.44. The van der Waals surface area contributed by atoms with Crippen molar-refractivity contribution in [1.29, 1.82) is 0 Å². The van der Waals surface area contributed by atoms with E-state index < -0.39 is 0 Å². The van der Waals surface area contributed by atoms with Crippen LogP contribution in [0.5, 0.6) is 0 Å². The Morgan fingerprint density at radius 2 is 1.77 bits per heavy atom. The number of hydrogen-bond donors (Lipinski definition) is 1. The van der Waals surface area contributed by atoms with E-state index in [2.05, 4.69) is 44.3 Å². The highest BCUT2D eigenvalue weighted by Crippen LogP contribution is 2.22. The van der Waals surface area contributed by atoms with Crippen molar-refractivity contribution in [1.82, 2.24) is 20.0 Å². The fourth-order valence-corrected chi connectivity index (χ4v) is 3.85. The van der Waals surface area contributed by atoms with Crippen molar-refractivity contribution < 1.29 is 13.9 Å². The van der Waals surface area contributed by atoms with E-state index in [9.17, 15) is 4.79 Å². The molecule has 0 spiro atoms. The highest BCUT2D eigenvalue weighted by atomic mass is 16.5. The predicted molar refractivity (Wildman–Crippen MR) is 113 cm³/mol. The van der Waals surface area contributed by atoms with Crippen LogP contribution in [0.4, 0.5) is 0 Å². The van der Waals surface area contributed by atoms with E-state index in [1.54, 1.807) is 0 Å². The van der Waals surface area contributed by atoms with E-state index >= 15 is 0 Å². The Labute approximate surface area is 176 Å². The van der Waals surface area contributed by atoms with Crippen LogP contribution in [0.2, 0.25) is 0 Å². The summed E-state index contributed by atoms with van der Waals surface area (Å²) >= 11 is 0. The number of carbonyl (C=O) groups is 1. The number of ether oxygens (including phenoxy) is 1. The zero-order chi connectivity index (χ0) is 20.8. The van der Waals surface area contributed by atoms with Gasteiger partial charge in [-0.2, -0.15) is 5.10 Å². The lowest BCUT2D eigenvalue weighted by molar-refractivity contribution is -0.142. The molecule has 1 aliphatic rings. The number of aromatic amines is 1. The van der Waals surface area contributed by atoms with E-state index in [0.717, 1.165) is 57.1 Å². The number of esters is 1. The number of benzene rings is 1. The van der Waals surface area contributed by atoms with Gasteiger partial charge in [0.1, 0.15) is 18.1 Å². The molecule has 7 nitrogen and oxygen atoms in total. The van der Waals surface area contributed by atoms with Gasteiger partial charge in [0.15, 0.2) is 0 Å². The van der Waals surface area contributed by atoms with Crippen molar-refractivity contribution in [3.05, 3.63) is 65.7 Å². The summed E-state index contributed by atoms with van der Waals surface area (Å²) in [5.41, 5.74) is 3.51. The van der Waals surface area contributed by atoms with Gasteiger partial charge in [0.25, 0.3) is 0 Å². The molecule has 30 heavy (non-hydrogen) atoms. The molecule has 4 rings (SSSR count). The molecule has 0 aliphatic carbocycles. The number of hydrogen-bond acceptors (Lipinski definition) is 6. The van der Waals surface area contributed by atoms with E-state index in [1.807, 2.05) is 24.4 Å². The SMILES string of the molecule is CC(=O)OCc1ccc(CN2CCCN(Cc3cn[nH]c3-c3ccccc3)CC2)o1. The van der Waals surface area contributed by atoms with Gasteiger partial charge in [0.2, 0.25) is 0 Å². The zero-order valence-electron chi connectivity index (χ0n) is 17.3. The normalized spacial score (nSPS) is 15.8. The third-order valence-electron chi connectivity index (χ3n) is 5.37. The Morgan fingerprint density at radius 3 is 2.53 bits per heavy atom. The minimum atomic E-state index is -0.298. The van der Waals surface area contributed by atoms with Crippen LogP contribution >= 0.6 is 0 Å². The van der Waals surface area contributed by atoms with Gasteiger partial charge >= 0.3 is 5.97 Å². The Morgan fingerprint density at radius 1 is 1.03 bits per heavy atom. The fourth-order valence-electron chi connectivity index (χ4n) is 3.85. The van der Waals surface area contributed by atoms with Gasteiger partial charge in [-0.25, -0.2) is 0 Å². The molecule has 1 fully saturated rings. The number of furan rings is 1. The predicted octanol–water partition coefficient (Wildman–Crippen LogP) is 3.44. The molecule has 2 aromatic heterocycles. The van der Waals surface area contributed by atoms with Crippen LogP contribution in [0.3, 0.4) is 0 Å². The molecule has 7 heteroatoms. The Bertz CT molecular complexity index is 950. The lowest BCUT2D eigenvalue weighted by atomic mass is 10.1. The number of nitrogens with zero attached hydrogens (tertiary/aromatic N) is 3.